The molecule has 0 aliphatic rings. The molecule has 0 aliphatic carbocycles. The summed E-state index contributed by atoms with van der Waals surface area (Å²) in [6.07, 6.45) is -0.580. The molecule has 1 aromatic rings. The van der Waals surface area contributed by atoms with E-state index in [4.69, 9.17) is 10.2 Å². The monoisotopic (exact) mass is 298 g/mol. The van der Waals surface area contributed by atoms with Crippen molar-refractivity contribution in [3.63, 3.8) is 0 Å². The molecule has 0 heterocycles. The highest BCUT2D eigenvalue weighted by Gasteiger charge is 2.20. The minimum absolute atomic E-state index is 0.0946. The summed E-state index contributed by atoms with van der Waals surface area (Å²) in [6.45, 7) is 0.0946. The Hall–Kier alpha value is -2.64. The summed E-state index contributed by atoms with van der Waals surface area (Å²) < 4.78 is 12.7. The molecule has 4 N–H and O–H groups in total. The lowest BCUT2D eigenvalue weighted by atomic mass is 10.1. The summed E-state index contributed by atoms with van der Waals surface area (Å²) in [5.74, 6) is -2.86. The first kappa shape index (κ1) is 16.4. The molecule has 0 bridgehead atoms. The molecule has 7 nitrogen and oxygen atoms in total. The highest BCUT2D eigenvalue weighted by atomic mass is 19.1. The third-order valence-electron chi connectivity index (χ3n) is 2.62. The molecule has 0 fully saturated rings. The van der Waals surface area contributed by atoms with Crippen LogP contribution in [0.2, 0.25) is 0 Å². The van der Waals surface area contributed by atoms with Crippen molar-refractivity contribution in [2.75, 3.05) is 0 Å². The zero-order valence-electron chi connectivity index (χ0n) is 11.0. The van der Waals surface area contributed by atoms with Crippen LogP contribution >= 0.6 is 0 Å². The number of halogens is 1. The van der Waals surface area contributed by atoms with Crippen molar-refractivity contribution in [1.29, 1.82) is 0 Å². The number of urea groups is 1. The van der Waals surface area contributed by atoms with Gasteiger partial charge in [-0.2, -0.15) is 0 Å². The van der Waals surface area contributed by atoms with E-state index < -0.39 is 29.8 Å². The van der Waals surface area contributed by atoms with Crippen molar-refractivity contribution in [3.8, 4) is 0 Å². The van der Waals surface area contributed by atoms with Crippen LogP contribution in [0.25, 0.3) is 0 Å². The first-order chi connectivity index (χ1) is 9.88. The Bertz CT molecular complexity index is 518. The van der Waals surface area contributed by atoms with Gasteiger partial charge in [-0.05, 0) is 24.1 Å². The normalized spacial score (nSPS) is 11.5. The Balaban J connectivity index is 2.44. The Morgan fingerprint density at radius 1 is 1.14 bits per heavy atom. The van der Waals surface area contributed by atoms with Crippen molar-refractivity contribution >= 4 is 18.0 Å². The molecular formula is C13H15FN2O5. The van der Waals surface area contributed by atoms with E-state index in [9.17, 15) is 18.8 Å². The molecule has 114 valence electrons. The number of amides is 2. The van der Waals surface area contributed by atoms with E-state index >= 15 is 0 Å². The SMILES string of the molecule is O=C(O)CCC(NC(=O)NCc1ccc(F)cc1)C(=O)O. The van der Waals surface area contributed by atoms with E-state index in [0.717, 1.165) is 0 Å². The molecule has 0 spiro atoms. The van der Waals surface area contributed by atoms with Crippen LogP contribution in [-0.4, -0.2) is 34.2 Å². The maximum Gasteiger partial charge on any atom is 0.326 e. The number of carbonyl (C=O) groups is 3. The molecule has 1 rings (SSSR count). The topological polar surface area (TPSA) is 116 Å². The van der Waals surface area contributed by atoms with Crippen LogP contribution < -0.4 is 10.6 Å². The lowest BCUT2D eigenvalue weighted by Crippen LogP contribution is -2.46. The number of hydrogen-bond acceptors (Lipinski definition) is 3. The van der Waals surface area contributed by atoms with Crippen LogP contribution in [-0.2, 0) is 16.1 Å². The maximum atomic E-state index is 12.7. The number of rotatable bonds is 7. The van der Waals surface area contributed by atoms with E-state index in [1.165, 1.54) is 24.3 Å². The summed E-state index contributed by atoms with van der Waals surface area (Å²) in [5.41, 5.74) is 0.643. The zero-order valence-corrected chi connectivity index (χ0v) is 11.0. The number of aliphatic carboxylic acids is 2. The van der Waals surface area contributed by atoms with Crippen LogP contribution in [0.1, 0.15) is 18.4 Å². The molecule has 1 unspecified atom stereocenters. The van der Waals surface area contributed by atoms with Crippen LogP contribution in [0, 0.1) is 5.82 Å². The fourth-order valence-electron chi connectivity index (χ4n) is 1.52. The van der Waals surface area contributed by atoms with Gasteiger partial charge in [0, 0.05) is 13.0 Å². The number of carboxylic acid groups (broad SMARTS) is 2. The zero-order chi connectivity index (χ0) is 15.8. The van der Waals surface area contributed by atoms with Gasteiger partial charge in [0.05, 0.1) is 0 Å². The summed E-state index contributed by atoms with van der Waals surface area (Å²) in [5, 5.41) is 21.9. The van der Waals surface area contributed by atoms with Gasteiger partial charge in [0.25, 0.3) is 0 Å². The first-order valence-corrected chi connectivity index (χ1v) is 6.12. The second-order valence-corrected chi connectivity index (χ2v) is 4.28. The highest BCUT2D eigenvalue weighted by Crippen LogP contribution is 2.02. The van der Waals surface area contributed by atoms with Gasteiger partial charge in [0.2, 0.25) is 0 Å². The van der Waals surface area contributed by atoms with E-state index in [-0.39, 0.29) is 19.4 Å². The van der Waals surface area contributed by atoms with Gasteiger partial charge >= 0.3 is 18.0 Å². The standard InChI is InChI=1S/C13H15FN2O5/c14-9-3-1-8(2-4-9)7-15-13(21)16-10(12(19)20)5-6-11(17)18/h1-4,10H,5-7H2,(H,17,18)(H,19,20)(H2,15,16,21). The van der Waals surface area contributed by atoms with Crippen molar-refractivity contribution in [2.45, 2.75) is 25.4 Å². The number of nitrogens with one attached hydrogen (secondary N) is 2. The molecule has 0 radical (unpaired) electrons. The molecule has 1 aromatic carbocycles. The lowest BCUT2D eigenvalue weighted by molar-refractivity contribution is -0.140. The second-order valence-electron chi connectivity index (χ2n) is 4.28. The number of carbonyl (C=O) groups excluding carboxylic acids is 1. The predicted octanol–water partition coefficient (Wildman–Crippen LogP) is 0.943. The third kappa shape index (κ3) is 6.37. The van der Waals surface area contributed by atoms with Crippen LogP contribution in [0.15, 0.2) is 24.3 Å². The fraction of sp³-hybridized carbons (Fsp3) is 0.308. The van der Waals surface area contributed by atoms with Gasteiger partial charge in [0.1, 0.15) is 11.9 Å². The van der Waals surface area contributed by atoms with Gasteiger partial charge in [-0.25, -0.2) is 14.0 Å². The van der Waals surface area contributed by atoms with Crippen molar-refractivity contribution < 1.29 is 29.0 Å². The van der Waals surface area contributed by atoms with E-state index in [0.29, 0.717) is 5.56 Å². The second kappa shape index (κ2) is 7.83. The third-order valence-corrected chi connectivity index (χ3v) is 2.62. The summed E-state index contributed by atoms with van der Waals surface area (Å²) >= 11 is 0. The molecule has 0 saturated carbocycles. The molecular weight excluding hydrogens is 283 g/mol. The average molecular weight is 298 g/mol. The molecule has 0 aromatic heterocycles. The molecule has 0 aliphatic heterocycles. The maximum absolute atomic E-state index is 12.7. The van der Waals surface area contributed by atoms with Gasteiger partial charge in [0.15, 0.2) is 0 Å². The van der Waals surface area contributed by atoms with Gasteiger partial charge in [-0.1, -0.05) is 12.1 Å². The first-order valence-electron chi connectivity index (χ1n) is 6.12. The highest BCUT2D eigenvalue weighted by molar-refractivity contribution is 5.82. The van der Waals surface area contributed by atoms with E-state index in [2.05, 4.69) is 10.6 Å². The Morgan fingerprint density at radius 2 is 1.76 bits per heavy atom. The molecule has 8 heteroatoms. The average Bonchev–Trinajstić information content (AvgIpc) is 2.42. The Kier molecular flexibility index (Phi) is 6.12. The van der Waals surface area contributed by atoms with Crippen molar-refractivity contribution in [2.24, 2.45) is 0 Å². The molecule has 21 heavy (non-hydrogen) atoms. The predicted molar refractivity (Wildman–Crippen MR) is 70.1 cm³/mol. The van der Waals surface area contributed by atoms with Crippen LogP contribution in [0.3, 0.4) is 0 Å². The van der Waals surface area contributed by atoms with Gasteiger partial charge < -0.3 is 20.8 Å². The summed E-state index contributed by atoms with van der Waals surface area (Å²) in [7, 11) is 0. The Morgan fingerprint density at radius 3 is 2.29 bits per heavy atom. The molecule has 0 saturated heterocycles. The smallest absolute Gasteiger partial charge is 0.326 e. The van der Waals surface area contributed by atoms with Crippen molar-refractivity contribution in [1.82, 2.24) is 10.6 Å². The Labute approximate surface area is 119 Å². The summed E-state index contributed by atoms with van der Waals surface area (Å²) in [6, 6.07) is 3.42. The van der Waals surface area contributed by atoms with Crippen molar-refractivity contribution in [3.05, 3.63) is 35.6 Å². The van der Waals surface area contributed by atoms with E-state index in [1.54, 1.807) is 0 Å². The molecule has 1 atom stereocenters. The number of benzene rings is 1. The van der Waals surface area contributed by atoms with Gasteiger partial charge in [-0.15, -0.1) is 0 Å². The molecule has 2 amide bonds. The van der Waals surface area contributed by atoms with Gasteiger partial charge in [-0.3, -0.25) is 4.79 Å². The van der Waals surface area contributed by atoms with Crippen LogP contribution in [0.4, 0.5) is 9.18 Å². The summed E-state index contributed by atoms with van der Waals surface area (Å²) in [4.78, 5) is 32.8. The lowest BCUT2D eigenvalue weighted by Gasteiger charge is -2.14. The van der Waals surface area contributed by atoms with Crippen LogP contribution in [0.5, 0.6) is 0 Å². The largest absolute Gasteiger partial charge is 0.481 e. The number of carboxylic acids is 2. The van der Waals surface area contributed by atoms with E-state index in [1.807, 2.05) is 0 Å². The minimum Gasteiger partial charge on any atom is -0.481 e. The fourth-order valence-corrected chi connectivity index (χ4v) is 1.52. The quantitative estimate of drug-likeness (QED) is 0.598. The minimum atomic E-state index is -1.31. The number of hydrogen-bond donors (Lipinski definition) is 4.